The zero-order valence-electron chi connectivity index (χ0n) is 15.7. The number of nitriles is 1. The lowest BCUT2D eigenvalue weighted by atomic mass is 10.1. The molecule has 0 saturated heterocycles. The topological polar surface area (TPSA) is 123 Å². The summed E-state index contributed by atoms with van der Waals surface area (Å²) in [6.07, 6.45) is 3.32. The lowest BCUT2D eigenvalue weighted by molar-refractivity contribution is 0.0475. The molecular formula is C20H15N3O6S. The molecule has 4 rings (SSSR count). The van der Waals surface area contributed by atoms with E-state index in [9.17, 15) is 23.3 Å². The minimum absolute atomic E-state index is 0.00553. The first-order valence-electron chi connectivity index (χ1n) is 8.86. The van der Waals surface area contributed by atoms with Crippen LogP contribution in [0.1, 0.15) is 32.0 Å². The molecular weight excluding hydrogens is 410 g/mol. The average molecular weight is 425 g/mol. The monoisotopic (exact) mass is 425 g/mol. The molecule has 0 spiro atoms. The van der Waals surface area contributed by atoms with Crippen LogP contribution in [0.15, 0.2) is 58.1 Å². The number of ether oxygens (including phenoxy) is 1. The highest BCUT2D eigenvalue weighted by Gasteiger charge is 2.40. The van der Waals surface area contributed by atoms with Crippen molar-refractivity contribution in [3.63, 3.8) is 0 Å². The Kier molecular flexibility index (Phi) is 4.67. The molecule has 0 bridgehead atoms. The molecule has 0 unspecified atom stereocenters. The number of aromatic nitrogens is 1. The van der Waals surface area contributed by atoms with Crippen LogP contribution in [-0.4, -0.2) is 42.3 Å². The van der Waals surface area contributed by atoms with Gasteiger partial charge in [-0.05, 0) is 31.2 Å². The van der Waals surface area contributed by atoms with Crippen LogP contribution in [0.25, 0.3) is 5.88 Å². The number of carbonyl (C=O) groups is 2. The summed E-state index contributed by atoms with van der Waals surface area (Å²) in [6, 6.07) is 11.3. The highest BCUT2D eigenvalue weighted by molar-refractivity contribution is 7.90. The summed E-state index contributed by atoms with van der Waals surface area (Å²) in [5.41, 5.74) is 0.0451. The maximum atomic E-state index is 12.6. The molecule has 2 aromatic heterocycles. The van der Waals surface area contributed by atoms with Crippen LogP contribution in [0.3, 0.4) is 0 Å². The first kappa shape index (κ1) is 19.5. The molecule has 1 aliphatic rings. The normalized spacial score (nSPS) is 14.4. The van der Waals surface area contributed by atoms with Crippen molar-refractivity contribution in [3.05, 3.63) is 71.2 Å². The molecule has 10 heteroatoms. The Morgan fingerprint density at radius 1 is 1.20 bits per heavy atom. The summed E-state index contributed by atoms with van der Waals surface area (Å²) in [5.74, 6) is -1.14. The van der Waals surface area contributed by atoms with Gasteiger partial charge >= 0.3 is 5.97 Å². The Bertz CT molecular complexity index is 1300. The number of esters is 1. The first-order chi connectivity index (χ1) is 14.4. The van der Waals surface area contributed by atoms with Crippen LogP contribution in [0, 0.1) is 18.3 Å². The third kappa shape index (κ3) is 2.96. The maximum Gasteiger partial charge on any atom is 0.343 e. The van der Waals surface area contributed by atoms with E-state index in [0.29, 0.717) is 4.31 Å². The summed E-state index contributed by atoms with van der Waals surface area (Å²) in [4.78, 5) is 24.9. The van der Waals surface area contributed by atoms with E-state index in [1.165, 1.54) is 25.1 Å². The third-order valence-corrected chi connectivity index (χ3v) is 6.50. The van der Waals surface area contributed by atoms with E-state index < -0.39 is 21.9 Å². The van der Waals surface area contributed by atoms with Gasteiger partial charge in [0.2, 0.25) is 5.88 Å². The van der Waals surface area contributed by atoms with Gasteiger partial charge in [0.1, 0.15) is 34.5 Å². The molecule has 1 aromatic carbocycles. The van der Waals surface area contributed by atoms with Crippen molar-refractivity contribution in [1.82, 2.24) is 8.87 Å². The fourth-order valence-corrected chi connectivity index (χ4v) is 4.83. The summed E-state index contributed by atoms with van der Waals surface area (Å²) in [5, 5.41) is 9.50. The SMILES string of the molecule is Cc1oc(-n2cccc2)c(C#N)c1C(=O)OCCN1C(=O)c2ccccc2S1(=O)=O. The second kappa shape index (κ2) is 7.20. The minimum atomic E-state index is -3.99. The van der Waals surface area contributed by atoms with Gasteiger partial charge in [-0.1, -0.05) is 12.1 Å². The average Bonchev–Trinajstić information content (AvgIpc) is 3.41. The summed E-state index contributed by atoms with van der Waals surface area (Å²) in [7, 11) is -3.99. The van der Waals surface area contributed by atoms with Crippen LogP contribution in [0.5, 0.6) is 0 Å². The van der Waals surface area contributed by atoms with Crippen molar-refractivity contribution in [2.24, 2.45) is 0 Å². The Morgan fingerprint density at radius 3 is 2.57 bits per heavy atom. The zero-order valence-corrected chi connectivity index (χ0v) is 16.5. The zero-order chi connectivity index (χ0) is 21.5. The molecule has 0 saturated carbocycles. The van der Waals surface area contributed by atoms with E-state index in [1.54, 1.807) is 35.2 Å². The first-order valence-corrected chi connectivity index (χ1v) is 10.3. The molecule has 30 heavy (non-hydrogen) atoms. The Morgan fingerprint density at radius 2 is 1.90 bits per heavy atom. The number of amides is 1. The largest absolute Gasteiger partial charge is 0.460 e. The van der Waals surface area contributed by atoms with Crippen molar-refractivity contribution >= 4 is 21.9 Å². The van der Waals surface area contributed by atoms with Crippen molar-refractivity contribution in [2.45, 2.75) is 11.8 Å². The van der Waals surface area contributed by atoms with Crippen molar-refractivity contribution in [2.75, 3.05) is 13.2 Å². The summed E-state index contributed by atoms with van der Waals surface area (Å²) >= 11 is 0. The van der Waals surface area contributed by atoms with Gasteiger partial charge in [-0.15, -0.1) is 0 Å². The Labute approximate surface area is 171 Å². The van der Waals surface area contributed by atoms with Crippen LogP contribution >= 0.6 is 0 Å². The van der Waals surface area contributed by atoms with Gasteiger partial charge in [0.05, 0.1) is 12.1 Å². The van der Waals surface area contributed by atoms with Gasteiger partial charge in [0.15, 0.2) is 0 Å². The maximum absolute atomic E-state index is 12.6. The molecule has 0 atom stereocenters. The summed E-state index contributed by atoms with van der Waals surface area (Å²) in [6.45, 7) is 0.812. The van der Waals surface area contributed by atoms with E-state index in [1.807, 2.05) is 6.07 Å². The molecule has 9 nitrogen and oxygen atoms in total. The Balaban J connectivity index is 1.51. The third-order valence-electron chi connectivity index (χ3n) is 4.66. The molecule has 3 aromatic rings. The van der Waals surface area contributed by atoms with E-state index in [2.05, 4.69) is 0 Å². The van der Waals surface area contributed by atoms with Crippen LogP contribution in [0.2, 0.25) is 0 Å². The van der Waals surface area contributed by atoms with E-state index in [4.69, 9.17) is 9.15 Å². The number of fused-ring (bicyclic) bond motifs is 1. The number of sulfonamides is 1. The standard InChI is InChI=1S/C20H15N3O6S/c1-13-17(15(12-21)19(29-13)22-8-4-5-9-22)20(25)28-11-10-23-18(24)14-6-2-3-7-16(14)30(23,26)27/h2-9H,10-11H2,1H3. The summed E-state index contributed by atoms with van der Waals surface area (Å²) < 4.78 is 38.0. The van der Waals surface area contributed by atoms with Gasteiger partial charge in [-0.25, -0.2) is 17.5 Å². The number of nitrogens with zero attached hydrogens (tertiary/aromatic N) is 3. The van der Waals surface area contributed by atoms with Crippen molar-refractivity contribution in [1.29, 1.82) is 5.26 Å². The van der Waals surface area contributed by atoms with Gasteiger partial charge in [-0.2, -0.15) is 5.26 Å². The predicted octanol–water partition coefficient (Wildman–Crippen LogP) is 2.25. The number of furan rings is 1. The Hall–Kier alpha value is -3.84. The second-order valence-electron chi connectivity index (χ2n) is 6.43. The van der Waals surface area contributed by atoms with E-state index in [-0.39, 0.29) is 46.4 Å². The molecule has 0 fully saturated rings. The predicted molar refractivity (Wildman–Crippen MR) is 102 cm³/mol. The molecule has 0 N–H and O–H groups in total. The number of carbonyl (C=O) groups excluding carboxylic acids is 2. The second-order valence-corrected chi connectivity index (χ2v) is 8.26. The van der Waals surface area contributed by atoms with Crippen molar-refractivity contribution in [3.8, 4) is 12.0 Å². The van der Waals surface area contributed by atoms with Crippen LogP contribution in [-0.2, 0) is 14.8 Å². The number of hydrogen-bond acceptors (Lipinski definition) is 7. The van der Waals surface area contributed by atoms with Gasteiger partial charge in [0, 0.05) is 12.4 Å². The number of benzene rings is 1. The van der Waals surface area contributed by atoms with Crippen LogP contribution in [0.4, 0.5) is 0 Å². The van der Waals surface area contributed by atoms with Gasteiger partial charge in [0.25, 0.3) is 15.9 Å². The highest BCUT2D eigenvalue weighted by atomic mass is 32.2. The quantitative estimate of drug-likeness (QED) is 0.575. The molecule has 0 radical (unpaired) electrons. The number of hydrogen-bond donors (Lipinski definition) is 0. The molecule has 152 valence electrons. The smallest absolute Gasteiger partial charge is 0.343 e. The fraction of sp³-hybridized carbons (Fsp3) is 0.150. The lowest BCUT2D eigenvalue weighted by Crippen LogP contribution is -2.33. The molecule has 3 heterocycles. The molecule has 0 aliphatic carbocycles. The van der Waals surface area contributed by atoms with Gasteiger partial charge in [-0.3, -0.25) is 9.36 Å². The number of rotatable bonds is 5. The van der Waals surface area contributed by atoms with E-state index in [0.717, 1.165) is 0 Å². The van der Waals surface area contributed by atoms with Crippen molar-refractivity contribution < 1.29 is 27.2 Å². The fourth-order valence-electron chi connectivity index (χ4n) is 3.28. The lowest BCUT2D eigenvalue weighted by Gasteiger charge is -2.14. The van der Waals surface area contributed by atoms with Gasteiger partial charge < -0.3 is 9.15 Å². The van der Waals surface area contributed by atoms with E-state index >= 15 is 0 Å². The molecule has 1 amide bonds. The number of aryl methyl sites for hydroxylation is 1. The minimum Gasteiger partial charge on any atom is -0.460 e. The van der Waals surface area contributed by atoms with Crippen LogP contribution < -0.4 is 0 Å². The highest BCUT2D eigenvalue weighted by Crippen LogP contribution is 2.30. The molecule has 1 aliphatic heterocycles.